The summed E-state index contributed by atoms with van der Waals surface area (Å²) >= 11 is 0. The first-order valence-electron chi connectivity index (χ1n) is 4.19. The molecule has 1 aromatic carbocycles. The summed E-state index contributed by atoms with van der Waals surface area (Å²) in [6.07, 6.45) is 1.61. The summed E-state index contributed by atoms with van der Waals surface area (Å²) in [5.74, 6) is 0.530. The molecule has 14 heavy (non-hydrogen) atoms. The molecule has 0 unspecified atom stereocenters. The quantitative estimate of drug-likeness (QED) is 0.735. The van der Waals surface area contributed by atoms with E-state index in [4.69, 9.17) is 15.7 Å². The van der Waals surface area contributed by atoms with Crippen LogP contribution in [-0.4, -0.2) is 7.11 Å². The van der Waals surface area contributed by atoms with Gasteiger partial charge in [-0.15, -0.1) is 6.58 Å². The number of nitrogens with zero attached hydrogens (tertiary/aromatic N) is 1. The largest absolute Gasteiger partial charge is 0.495 e. The Kier molecular flexibility index (Phi) is 3.27. The van der Waals surface area contributed by atoms with Gasteiger partial charge in [0, 0.05) is 5.56 Å². The lowest BCUT2D eigenvalue weighted by atomic mass is 10.0. The normalized spacial score (nSPS) is 11.5. The molecule has 0 amide bonds. The van der Waals surface area contributed by atoms with Gasteiger partial charge in [0.1, 0.15) is 11.8 Å². The highest BCUT2D eigenvalue weighted by Crippen LogP contribution is 2.27. The summed E-state index contributed by atoms with van der Waals surface area (Å²) in [7, 11) is 1.52. The van der Waals surface area contributed by atoms with Crippen LogP contribution < -0.4 is 10.5 Å². The number of nitriles is 1. The Balaban J connectivity index is 3.30. The summed E-state index contributed by atoms with van der Waals surface area (Å²) < 4.78 is 5.14. The number of nitrogens with two attached hydrogens (primary N) is 1. The van der Waals surface area contributed by atoms with E-state index in [1.54, 1.807) is 18.2 Å². The Morgan fingerprint density at radius 1 is 1.64 bits per heavy atom. The van der Waals surface area contributed by atoms with E-state index in [2.05, 4.69) is 12.6 Å². The molecule has 2 N–H and O–H groups in total. The molecule has 1 atom stereocenters. The fourth-order valence-electron chi connectivity index (χ4n) is 1.26. The predicted octanol–water partition coefficient (Wildman–Crippen LogP) is 1.75. The lowest BCUT2D eigenvalue weighted by molar-refractivity contribution is 0.407. The number of para-hydroxylation sites is 1. The van der Waals surface area contributed by atoms with Crippen molar-refractivity contribution < 1.29 is 4.74 Å². The van der Waals surface area contributed by atoms with Gasteiger partial charge in [-0.3, -0.25) is 0 Å². The fourth-order valence-corrected chi connectivity index (χ4v) is 1.26. The van der Waals surface area contributed by atoms with Gasteiger partial charge in [0.2, 0.25) is 0 Å². The van der Waals surface area contributed by atoms with Crippen molar-refractivity contribution in [3.8, 4) is 11.8 Å². The second-order valence-corrected chi connectivity index (χ2v) is 2.80. The van der Waals surface area contributed by atoms with Gasteiger partial charge in [-0.1, -0.05) is 18.2 Å². The third-order valence-corrected chi connectivity index (χ3v) is 1.98. The number of hydrogen-bond donors (Lipinski definition) is 1. The van der Waals surface area contributed by atoms with E-state index >= 15 is 0 Å². The summed E-state index contributed by atoms with van der Waals surface area (Å²) in [6, 6.07) is 7.04. The highest BCUT2D eigenvalue weighted by atomic mass is 16.5. The van der Waals surface area contributed by atoms with E-state index in [9.17, 15) is 0 Å². The lowest BCUT2D eigenvalue weighted by Gasteiger charge is -2.12. The lowest BCUT2D eigenvalue weighted by Crippen LogP contribution is -2.08. The van der Waals surface area contributed by atoms with E-state index in [-0.39, 0.29) is 6.04 Å². The zero-order valence-corrected chi connectivity index (χ0v) is 8.03. The highest BCUT2D eigenvalue weighted by Gasteiger charge is 2.12. The van der Waals surface area contributed by atoms with Crippen molar-refractivity contribution in [3.63, 3.8) is 0 Å². The van der Waals surface area contributed by atoms with Gasteiger partial charge in [-0.25, -0.2) is 0 Å². The Morgan fingerprint density at radius 3 is 2.86 bits per heavy atom. The van der Waals surface area contributed by atoms with Crippen LogP contribution in [0, 0.1) is 11.3 Å². The minimum atomic E-state index is -0.307. The van der Waals surface area contributed by atoms with Gasteiger partial charge in [-0.05, 0) is 6.07 Å². The standard InChI is InChI=1S/C11H12N2O/c1-3-10(13)9-6-4-5-8(7-12)11(9)14-2/h3-6,10H,1,13H2,2H3/t10-/m1/s1. The van der Waals surface area contributed by atoms with Crippen LogP contribution in [0.2, 0.25) is 0 Å². The van der Waals surface area contributed by atoms with Crippen LogP contribution in [0.1, 0.15) is 17.2 Å². The average molecular weight is 188 g/mol. The molecule has 1 aromatic rings. The molecule has 3 nitrogen and oxygen atoms in total. The van der Waals surface area contributed by atoms with Crippen LogP contribution in [-0.2, 0) is 0 Å². The molecule has 0 aliphatic heterocycles. The van der Waals surface area contributed by atoms with Gasteiger partial charge in [-0.2, -0.15) is 5.26 Å². The maximum Gasteiger partial charge on any atom is 0.141 e. The van der Waals surface area contributed by atoms with Crippen LogP contribution in [0.25, 0.3) is 0 Å². The van der Waals surface area contributed by atoms with Crippen molar-refractivity contribution in [3.05, 3.63) is 42.0 Å². The Bertz CT molecular complexity index is 379. The van der Waals surface area contributed by atoms with Crippen molar-refractivity contribution >= 4 is 0 Å². The molecule has 3 heteroatoms. The molecule has 0 saturated heterocycles. The second-order valence-electron chi connectivity index (χ2n) is 2.80. The highest BCUT2D eigenvalue weighted by molar-refractivity contribution is 5.50. The zero-order chi connectivity index (χ0) is 10.6. The summed E-state index contributed by atoms with van der Waals surface area (Å²) in [5.41, 5.74) is 7.05. The van der Waals surface area contributed by atoms with Gasteiger partial charge in [0.05, 0.1) is 18.7 Å². The Morgan fingerprint density at radius 2 is 2.36 bits per heavy atom. The maximum atomic E-state index is 8.83. The molecule has 0 aliphatic rings. The third-order valence-electron chi connectivity index (χ3n) is 1.98. The molecule has 0 saturated carbocycles. The van der Waals surface area contributed by atoms with Crippen molar-refractivity contribution in [2.75, 3.05) is 7.11 Å². The predicted molar refractivity (Wildman–Crippen MR) is 54.8 cm³/mol. The SMILES string of the molecule is C=C[C@@H](N)c1cccc(C#N)c1OC. The van der Waals surface area contributed by atoms with Crippen LogP contribution in [0.4, 0.5) is 0 Å². The van der Waals surface area contributed by atoms with Crippen LogP contribution in [0.15, 0.2) is 30.9 Å². The topological polar surface area (TPSA) is 59.0 Å². The van der Waals surface area contributed by atoms with E-state index in [0.29, 0.717) is 11.3 Å². The Labute approximate surface area is 83.4 Å². The smallest absolute Gasteiger partial charge is 0.141 e. The van der Waals surface area contributed by atoms with E-state index in [1.807, 2.05) is 6.07 Å². The van der Waals surface area contributed by atoms with Crippen molar-refractivity contribution in [2.45, 2.75) is 6.04 Å². The molecule has 0 aliphatic carbocycles. The Hall–Kier alpha value is -1.79. The number of hydrogen-bond acceptors (Lipinski definition) is 3. The van der Waals surface area contributed by atoms with Crippen LogP contribution in [0.3, 0.4) is 0 Å². The maximum absolute atomic E-state index is 8.83. The number of ether oxygens (including phenoxy) is 1. The average Bonchev–Trinajstić information content (AvgIpc) is 2.26. The monoisotopic (exact) mass is 188 g/mol. The van der Waals surface area contributed by atoms with E-state index in [1.165, 1.54) is 7.11 Å². The first-order chi connectivity index (χ1) is 6.74. The van der Waals surface area contributed by atoms with Crippen molar-refractivity contribution in [2.24, 2.45) is 5.73 Å². The van der Waals surface area contributed by atoms with E-state index in [0.717, 1.165) is 5.56 Å². The van der Waals surface area contributed by atoms with Crippen LogP contribution in [0.5, 0.6) is 5.75 Å². The molecular weight excluding hydrogens is 176 g/mol. The molecule has 0 fully saturated rings. The summed E-state index contributed by atoms with van der Waals surface area (Å²) in [6.45, 7) is 3.60. The molecule has 0 radical (unpaired) electrons. The number of rotatable bonds is 3. The zero-order valence-electron chi connectivity index (χ0n) is 8.03. The molecule has 0 aromatic heterocycles. The molecular formula is C11H12N2O. The summed E-state index contributed by atoms with van der Waals surface area (Å²) in [5, 5.41) is 8.83. The number of benzene rings is 1. The first-order valence-corrected chi connectivity index (χ1v) is 4.19. The second kappa shape index (κ2) is 4.45. The molecule has 0 bridgehead atoms. The molecule has 0 heterocycles. The van der Waals surface area contributed by atoms with Crippen molar-refractivity contribution in [1.29, 1.82) is 5.26 Å². The van der Waals surface area contributed by atoms with Gasteiger partial charge in [0.15, 0.2) is 0 Å². The minimum absolute atomic E-state index is 0.307. The van der Waals surface area contributed by atoms with E-state index < -0.39 is 0 Å². The van der Waals surface area contributed by atoms with Gasteiger partial charge in [0.25, 0.3) is 0 Å². The minimum Gasteiger partial charge on any atom is -0.495 e. The summed E-state index contributed by atoms with van der Waals surface area (Å²) in [4.78, 5) is 0. The number of methoxy groups -OCH3 is 1. The first kappa shape index (κ1) is 10.3. The van der Waals surface area contributed by atoms with Crippen molar-refractivity contribution in [1.82, 2.24) is 0 Å². The fraction of sp³-hybridized carbons (Fsp3) is 0.182. The molecule has 0 spiro atoms. The van der Waals surface area contributed by atoms with Gasteiger partial charge >= 0.3 is 0 Å². The molecule has 1 rings (SSSR count). The molecule has 72 valence electrons. The van der Waals surface area contributed by atoms with Gasteiger partial charge < -0.3 is 10.5 Å². The third kappa shape index (κ3) is 1.76. The van der Waals surface area contributed by atoms with Crippen LogP contribution >= 0.6 is 0 Å².